The number of carbonyl (C=O) groups excluding carboxylic acids is 1. The fourth-order valence-corrected chi connectivity index (χ4v) is 4.28. The summed E-state index contributed by atoms with van der Waals surface area (Å²) in [6, 6.07) is 12.1. The number of aromatic nitrogens is 1. The maximum atomic E-state index is 12.9. The summed E-state index contributed by atoms with van der Waals surface area (Å²) in [5, 5.41) is 9.42. The fourth-order valence-electron chi connectivity index (χ4n) is 3.50. The smallest absolute Gasteiger partial charge is 0.266 e. The minimum Gasteiger partial charge on any atom is -0.459 e. The second kappa shape index (κ2) is 8.28. The predicted molar refractivity (Wildman–Crippen MR) is 112 cm³/mol. The molecule has 3 heterocycles. The quantitative estimate of drug-likeness (QED) is 0.593. The number of piperazine rings is 1. The lowest BCUT2D eigenvalue weighted by Gasteiger charge is -2.34. The lowest BCUT2D eigenvalue weighted by molar-refractivity contribution is 0.0745. The molecule has 0 aliphatic carbocycles. The number of sulfone groups is 1. The van der Waals surface area contributed by atoms with Gasteiger partial charge in [0, 0.05) is 38.0 Å². The zero-order valence-electron chi connectivity index (χ0n) is 16.8. The molecule has 1 aliphatic rings. The molecule has 10 heteroatoms. The number of carbonyl (C=O) groups is 1. The zero-order chi connectivity index (χ0) is 22.0. The van der Waals surface area contributed by atoms with E-state index in [4.69, 9.17) is 8.83 Å². The third-order valence-electron chi connectivity index (χ3n) is 4.90. The van der Waals surface area contributed by atoms with Gasteiger partial charge < -0.3 is 18.6 Å². The molecular formula is C21H20N4O5S. The first-order chi connectivity index (χ1) is 14.8. The number of amides is 1. The molecule has 1 fully saturated rings. The van der Waals surface area contributed by atoms with Crippen molar-refractivity contribution in [1.82, 2.24) is 9.88 Å². The molecule has 0 spiro atoms. The third-order valence-corrected chi connectivity index (χ3v) is 5.76. The second-order valence-electron chi connectivity index (χ2n) is 7.31. The lowest BCUT2D eigenvalue weighted by Crippen LogP contribution is -2.48. The van der Waals surface area contributed by atoms with Gasteiger partial charge in [0.1, 0.15) is 6.07 Å². The van der Waals surface area contributed by atoms with E-state index in [0.29, 0.717) is 49.0 Å². The van der Waals surface area contributed by atoms with Gasteiger partial charge in [-0.3, -0.25) is 4.79 Å². The number of hydrogen-bond acceptors (Lipinski definition) is 8. The maximum Gasteiger partial charge on any atom is 0.266 e. The van der Waals surface area contributed by atoms with Crippen LogP contribution < -0.4 is 4.90 Å². The average molecular weight is 440 g/mol. The third kappa shape index (κ3) is 4.62. The van der Waals surface area contributed by atoms with Gasteiger partial charge in [-0.25, -0.2) is 8.42 Å². The van der Waals surface area contributed by atoms with E-state index in [1.807, 2.05) is 11.0 Å². The van der Waals surface area contributed by atoms with Crippen LogP contribution in [-0.2, 0) is 15.6 Å². The van der Waals surface area contributed by atoms with Crippen LogP contribution in [0.5, 0.6) is 0 Å². The van der Waals surface area contributed by atoms with Crippen molar-refractivity contribution in [2.75, 3.05) is 37.3 Å². The molecule has 1 amide bonds. The Balaban J connectivity index is 1.45. The normalized spacial score (nSPS) is 14.5. The topological polar surface area (TPSA) is 121 Å². The van der Waals surface area contributed by atoms with Crippen LogP contribution in [0.3, 0.4) is 0 Å². The molecule has 1 aromatic carbocycles. The van der Waals surface area contributed by atoms with Gasteiger partial charge in [-0.05, 0) is 29.8 Å². The van der Waals surface area contributed by atoms with Gasteiger partial charge >= 0.3 is 0 Å². The lowest BCUT2D eigenvalue weighted by atomic mass is 10.1. The highest BCUT2D eigenvalue weighted by atomic mass is 32.2. The first-order valence-corrected chi connectivity index (χ1v) is 11.7. The Hall–Kier alpha value is -3.58. The summed E-state index contributed by atoms with van der Waals surface area (Å²) in [5.41, 5.74) is 1.20. The SMILES string of the molecule is CS(=O)(=O)Cc1cccc(C(=O)N2CCN(c3oc(-c4ccco4)nc3C#N)CC2)c1. The molecule has 0 atom stereocenters. The molecule has 160 valence electrons. The number of anilines is 1. The highest BCUT2D eigenvalue weighted by Crippen LogP contribution is 2.29. The molecule has 4 rings (SSSR count). The van der Waals surface area contributed by atoms with E-state index >= 15 is 0 Å². The van der Waals surface area contributed by atoms with E-state index in [9.17, 15) is 18.5 Å². The van der Waals surface area contributed by atoms with Gasteiger partial charge in [0.15, 0.2) is 15.6 Å². The Morgan fingerprint density at radius 1 is 1.19 bits per heavy atom. The predicted octanol–water partition coefficient (Wildman–Crippen LogP) is 2.31. The van der Waals surface area contributed by atoms with E-state index < -0.39 is 9.84 Å². The zero-order valence-corrected chi connectivity index (χ0v) is 17.6. The number of rotatable bonds is 5. The van der Waals surface area contributed by atoms with Crippen molar-refractivity contribution in [3.05, 3.63) is 59.5 Å². The number of oxazole rings is 1. The highest BCUT2D eigenvalue weighted by Gasteiger charge is 2.27. The molecule has 2 aromatic heterocycles. The van der Waals surface area contributed by atoms with Gasteiger partial charge in [0.25, 0.3) is 11.8 Å². The fraction of sp³-hybridized carbons (Fsp3) is 0.286. The molecule has 31 heavy (non-hydrogen) atoms. The van der Waals surface area contributed by atoms with Crippen LogP contribution in [0.25, 0.3) is 11.7 Å². The molecule has 0 bridgehead atoms. The van der Waals surface area contributed by atoms with Crippen LogP contribution in [0.1, 0.15) is 21.6 Å². The Bertz CT molecular complexity index is 1230. The van der Waals surface area contributed by atoms with Crippen LogP contribution in [0.15, 0.2) is 51.5 Å². The maximum absolute atomic E-state index is 12.9. The van der Waals surface area contributed by atoms with Crippen molar-refractivity contribution in [3.63, 3.8) is 0 Å². The standard InChI is InChI=1S/C21H20N4O5S/c1-31(27,28)14-15-4-2-5-16(12-15)20(26)24-7-9-25(10-8-24)21-17(13-22)23-19(30-21)18-6-3-11-29-18/h2-6,11-12H,7-10,14H2,1H3. The molecule has 0 unspecified atom stereocenters. The number of nitrogens with zero attached hydrogens (tertiary/aromatic N) is 4. The summed E-state index contributed by atoms with van der Waals surface area (Å²) in [6.45, 7) is 1.79. The number of benzene rings is 1. The average Bonchev–Trinajstić information content (AvgIpc) is 3.42. The Labute approximate surface area is 179 Å². The highest BCUT2D eigenvalue weighted by molar-refractivity contribution is 7.89. The summed E-state index contributed by atoms with van der Waals surface area (Å²) >= 11 is 0. The van der Waals surface area contributed by atoms with E-state index in [0.717, 1.165) is 6.26 Å². The van der Waals surface area contributed by atoms with Gasteiger partial charge in [-0.2, -0.15) is 10.2 Å². The van der Waals surface area contributed by atoms with E-state index in [1.165, 1.54) is 6.26 Å². The van der Waals surface area contributed by atoms with E-state index in [2.05, 4.69) is 4.98 Å². The van der Waals surface area contributed by atoms with Crippen molar-refractivity contribution in [3.8, 4) is 17.7 Å². The molecule has 0 N–H and O–H groups in total. The molecule has 9 nitrogen and oxygen atoms in total. The van der Waals surface area contributed by atoms with Crippen molar-refractivity contribution in [2.24, 2.45) is 0 Å². The van der Waals surface area contributed by atoms with Crippen LogP contribution in [-0.4, -0.2) is 56.6 Å². The van der Waals surface area contributed by atoms with Crippen LogP contribution in [0.4, 0.5) is 5.88 Å². The Morgan fingerprint density at radius 3 is 2.61 bits per heavy atom. The van der Waals surface area contributed by atoms with Gasteiger partial charge in [-0.1, -0.05) is 12.1 Å². The van der Waals surface area contributed by atoms with Crippen LogP contribution >= 0.6 is 0 Å². The van der Waals surface area contributed by atoms with Gasteiger partial charge in [0.05, 0.1) is 12.0 Å². The second-order valence-corrected chi connectivity index (χ2v) is 9.45. The van der Waals surface area contributed by atoms with E-state index in [-0.39, 0.29) is 23.2 Å². The largest absolute Gasteiger partial charge is 0.459 e. The molecule has 1 saturated heterocycles. The minimum absolute atomic E-state index is 0.109. The first kappa shape index (κ1) is 20.7. The van der Waals surface area contributed by atoms with Crippen molar-refractivity contribution < 1.29 is 22.0 Å². The first-order valence-electron chi connectivity index (χ1n) is 9.60. The Kier molecular flexibility index (Phi) is 5.52. The van der Waals surface area contributed by atoms with Crippen LogP contribution in [0.2, 0.25) is 0 Å². The molecule has 3 aromatic rings. The van der Waals surface area contributed by atoms with Crippen LogP contribution in [0, 0.1) is 11.3 Å². The number of nitriles is 1. The molecule has 0 radical (unpaired) electrons. The summed E-state index contributed by atoms with van der Waals surface area (Å²) in [4.78, 5) is 20.7. The monoisotopic (exact) mass is 440 g/mol. The molecule has 0 saturated carbocycles. The summed E-state index contributed by atoms with van der Waals surface area (Å²) in [6.07, 6.45) is 2.66. The van der Waals surface area contributed by atoms with Crippen molar-refractivity contribution in [2.45, 2.75) is 5.75 Å². The van der Waals surface area contributed by atoms with E-state index in [1.54, 1.807) is 41.3 Å². The molecule has 1 aliphatic heterocycles. The molecular weight excluding hydrogens is 420 g/mol. The summed E-state index contributed by atoms with van der Waals surface area (Å²) in [5.74, 6) is 0.756. The summed E-state index contributed by atoms with van der Waals surface area (Å²) in [7, 11) is -3.18. The van der Waals surface area contributed by atoms with Gasteiger partial charge in [-0.15, -0.1) is 0 Å². The number of hydrogen-bond donors (Lipinski definition) is 0. The van der Waals surface area contributed by atoms with Crippen molar-refractivity contribution >= 4 is 21.6 Å². The Morgan fingerprint density at radius 2 is 1.97 bits per heavy atom. The minimum atomic E-state index is -3.18. The number of furan rings is 1. The van der Waals surface area contributed by atoms with Gasteiger partial charge in [0.2, 0.25) is 11.6 Å². The van der Waals surface area contributed by atoms with Crippen molar-refractivity contribution in [1.29, 1.82) is 5.26 Å². The summed E-state index contributed by atoms with van der Waals surface area (Å²) < 4.78 is 34.1.